The Bertz CT molecular complexity index is 273. The minimum atomic E-state index is -2.42. The third kappa shape index (κ3) is 8.63. The van der Waals surface area contributed by atoms with Crippen LogP contribution < -0.4 is 0 Å². The number of rotatable bonds is 12. The largest absolute Gasteiger partial charge is 0.500 e. The highest BCUT2D eigenvalue weighted by Crippen LogP contribution is 2.26. The van der Waals surface area contributed by atoms with E-state index in [1.165, 1.54) is 18.9 Å². The molecule has 0 aliphatic heterocycles. The van der Waals surface area contributed by atoms with Crippen molar-refractivity contribution in [3.63, 3.8) is 0 Å². The standard InChI is InChI=1S/C14H36O4Si3/c1-9-10-12-19(5,6)18-20(7,8)13-11-14-21(15-2,16-3)17-4/h9-14H2,1-8H3. The van der Waals surface area contributed by atoms with Crippen LogP contribution in [0.2, 0.25) is 44.3 Å². The molecule has 0 aliphatic carbocycles. The van der Waals surface area contributed by atoms with Gasteiger partial charge in [-0.3, -0.25) is 0 Å². The van der Waals surface area contributed by atoms with Crippen molar-refractivity contribution in [3.05, 3.63) is 0 Å². The molecule has 4 nitrogen and oxygen atoms in total. The van der Waals surface area contributed by atoms with Gasteiger partial charge in [0.1, 0.15) is 0 Å². The van der Waals surface area contributed by atoms with E-state index >= 15 is 0 Å². The van der Waals surface area contributed by atoms with Crippen molar-refractivity contribution in [2.45, 2.75) is 70.5 Å². The van der Waals surface area contributed by atoms with Gasteiger partial charge in [-0.25, -0.2) is 0 Å². The molecule has 0 saturated heterocycles. The molecule has 0 aromatic heterocycles. The first-order chi connectivity index (χ1) is 9.66. The molecule has 0 spiro atoms. The first-order valence-electron chi connectivity index (χ1n) is 8.01. The van der Waals surface area contributed by atoms with Gasteiger partial charge in [-0.1, -0.05) is 19.8 Å². The van der Waals surface area contributed by atoms with Crippen LogP contribution in [0, 0.1) is 0 Å². The van der Waals surface area contributed by atoms with Gasteiger partial charge in [0.25, 0.3) is 0 Å². The Morgan fingerprint density at radius 3 is 1.48 bits per heavy atom. The van der Waals surface area contributed by atoms with Crippen molar-refractivity contribution in [1.82, 2.24) is 0 Å². The predicted octanol–water partition coefficient (Wildman–Crippen LogP) is 4.48. The summed E-state index contributed by atoms with van der Waals surface area (Å²) in [5.41, 5.74) is 0. The average molecular weight is 353 g/mol. The van der Waals surface area contributed by atoms with E-state index in [-0.39, 0.29) is 0 Å². The lowest BCUT2D eigenvalue weighted by atomic mass is 10.4. The van der Waals surface area contributed by atoms with Gasteiger partial charge in [0.15, 0.2) is 16.6 Å². The minimum Gasteiger partial charge on any atom is -0.455 e. The Labute approximate surface area is 135 Å². The molecule has 0 aromatic rings. The zero-order valence-corrected chi connectivity index (χ0v) is 18.4. The first kappa shape index (κ1) is 21.5. The molecule has 7 heteroatoms. The fourth-order valence-electron chi connectivity index (χ4n) is 2.74. The summed E-state index contributed by atoms with van der Waals surface area (Å²) in [7, 11) is -0.491. The Kier molecular flexibility index (Phi) is 9.81. The summed E-state index contributed by atoms with van der Waals surface area (Å²) >= 11 is 0. The molecule has 0 aromatic carbocycles. The van der Waals surface area contributed by atoms with Crippen LogP contribution in [0.5, 0.6) is 0 Å². The van der Waals surface area contributed by atoms with Gasteiger partial charge in [-0.05, 0) is 44.7 Å². The lowest BCUT2D eigenvalue weighted by molar-refractivity contribution is 0.123. The van der Waals surface area contributed by atoms with Crippen LogP contribution in [-0.2, 0) is 17.4 Å². The molecule has 0 saturated carbocycles. The molecular formula is C14H36O4Si3. The molecule has 21 heavy (non-hydrogen) atoms. The zero-order chi connectivity index (χ0) is 16.6. The smallest absolute Gasteiger partial charge is 0.455 e. The van der Waals surface area contributed by atoms with E-state index in [9.17, 15) is 0 Å². The average Bonchev–Trinajstić information content (AvgIpc) is 2.41. The fraction of sp³-hybridized carbons (Fsp3) is 1.00. The number of hydrogen-bond acceptors (Lipinski definition) is 4. The Hall–Kier alpha value is 0.491. The van der Waals surface area contributed by atoms with Crippen molar-refractivity contribution in [2.75, 3.05) is 21.3 Å². The Balaban J connectivity index is 4.35. The van der Waals surface area contributed by atoms with E-state index in [0.717, 1.165) is 18.5 Å². The predicted molar refractivity (Wildman–Crippen MR) is 96.8 cm³/mol. The molecule has 0 bridgehead atoms. The van der Waals surface area contributed by atoms with Crippen molar-refractivity contribution in [3.8, 4) is 0 Å². The maximum absolute atomic E-state index is 6.61. The van der Waals surface area contributed by atoms with E-state index in [2.05, 4.69) is 33.1 Å². The number of unbranched alkanes of at least 4 members (excludes halogenated alkanes) is 1. The van der Waals surface area contributed by atoms with Crippen LogP contribution in [0.15, 0.2) is 0 Å². The highest BCUT2D eigenvalue weighted by molar-refractivity contribution is 6.84. The second kappa shape index (κ2) is 9.59. The van der Waals surface area contributed by atoms with Crippen LogP contribution in [0.25, 0.3) is 0 Å². The van der Waals surface area contributed by atoms with E-state index in [0.29, 0.717) is 0 Å². The summed E-state index contributed by atoms with van der Waals surface area (Å²) < 4.78 is 23.1. The summed E-state index contributed by atoms with van der Waals surface area (Å²) in [4.78, 5) is 0. The van der Waals surface area contributed by atoms with E-state index < -0.39 is 25.4 Å². The van der Waals surface area contributed by atoms with Crippen molar-refractivity contribution in [2.24, 2.45) is 0 Å². The van der Waals surface area contributed by atoms with E-state index in [4.69, 9.17) is 17.4 Å². The molecular weight excluding hydrogens is 316 g/mol. The quantitative estimate of drug-likeness (QED) is 0.485. The summed E-state index contributed by atoms with van der Waals surface area (Å²) in [6, 6.07) is 3.28. The summed E-state index contributed by atoms with van der Waals surface area (Å²) in [5.74, 6) is 0. The van der Waals surface area contributed by atoms with Crippen molar-refractivity contribution < 1.29 is 17.4 Å². The molecule has 128 valence electrons. The van der Waals surface area contributed by atoms with Crippen LogP contribution in [0.1, 0.15) is 26.2 Å². The van der Waals surface area contributed by atoms with Gasteiger partial charge in [-0.15, -0.1) is 0 Å². The molecule has 0 aliphatic rings. The Morgan fingerprint density at radius 1 is 0.667 bits per heavy atom. The maximum Gasteiger partial charge on any atom is 0.500 e. The summed E-state index contributed by atoms with van der Waals surface area (Å²) in [5, 5.41) is 0. The SMILES string of the molecule is CCCC[Si](C)(C)O[Si](C)(C)CCC[Si](OC)(OC)OC. The van der Waals surface area contributed by atoms with Gasteiger partial charge in [0.2, 0.25) is 0 Å². The van der Waals surface area contributed by atoms with Crippen molar-refractivity contribution in [1.29, 1.82) is 0 Å². The van der Waals surface area contributed by atoms with Crippen molar-refractivity contribution >= 4 is 25.4 Å². The first-order valence-corrected chi connectivity index (χ1v) is 16.2. The molecule has 0 atom stereocenters. The van der Waals surface area contributed by atoms with E-state index in [1.807, 2.05) is 0 Å². The summed E-state index contributed by atoms with van der Waals surface area (Å²) in [6.45, 7) is 11.6. The van der Waals surface area contributed by atoms with Gasteiger partial charge >= 0.3 is 8.80 Å². The van der Waals surface area contributed by atoms with Crippen LogP contribution in [0.4, 0.5) is 0 Å². The fourth-order valence-corrected chi connectivity index (χ4v) is 13.8. The third-order valence-electron chi connectivity index (χ3n) is 3.88. The molecule has 0 N–H and O–H groups in total. The summed E-state index contributed by atoms with van der Waals surface area (Å²) in [6.07, 6.45) is 3.60. The maximum atomic E-state index is 6.61. The Morgan fingerprint density at radius 2 is 1.10 bits per heavy atom. The highest BCUT2D eigenvalue weighted by atomic mass is 28.4. The van der Waals surface area contributed by atoms with Gasteiger partial charge in [0, 0.05) is 27.4 Å². The van der Waals surface area contributed by atoms with Gasteiger partial charge in [0.05, 0.1) is 0 Å². The van der Waals surface area contributed by atoms with Gasteiger partial charge in [-0.2, -0.15) is 0 Å². The topological polar surface area (TPSA) is 36.9 Å². The van der Waals surface area contributed by atoms with Crippen LogP contribution >= 0.6 is 0 Å². The molecule has 0 radical (unpaired) electrons. The second-order valence-corrected chi connectivity index (χ2v) is 18.8. The molecule has 0 amide bonds. The van der Waals surface area contributed by atoms with Crippen LogP contribution in [0.3, 0.4) is 0 Å². The number of hydrogen-bond donors (Lipinski definition) is 0. The highest BCUT2D eigenvalue weighted by Gasteiger charge is 2.39. The van der Waals surface area contributed by atoms with Gasteiger partial charge < -0.3 is 17.4 Å². The molecule has 0 heterocycles. The lowest BCUT2D eigenvalue weighted by Gasteiger charge is -2.34. The van der Waals surface area contributed by atoms with Crippen LogP contribution in [-0.4, -0.2) is 46.8 Å². The van der Waals surface area contributed by atoms with E-state index in [1.54, 1.807) is 21.3 Å². The molecule has 0 fully saturated rings. The monoisotopic (exact) mass is 352 g/mol. The normalized spacial score (nSPS) is 13.7. The molecule has 0 rings (SSSR count). The molecule has 0 unspecified atom stereocenters. The second-order valence-electron chi connectivity index (χ2n) is 6.87. The third-order valence-corrected chi connectivity index (χ3v) is 14.2. The minimum absolute atomic E-state index is 0.868. The lowest BCUT2D eigenvalue weighted by Crippen LogP contribution is -2.45. The zero-order valence-electron chi connectivity index (χ0n) is 15.4.